The van der Waals surface area contributed by atoms with Crippen molar-refractivity contribution in [3.63, 3.8) is 0 Å². The average molecular weight is 354 g/mol. The minimum absolute atomic E-state index is 0.244. The molecule has 0 aliphatic rings. The lowest BCUT2D eigenvalue weighted by Gasteiger charge is -2.09. The molecule has 0 fully saturated rings. The number of hydrogen-bond acceptors (Lipinski definition) is 4. The maximum absolute atomic E-state index is 12.0. The summed E-state index contributed by atoms with van der Waals surface area (Å²) in [6, 6.07) is 11.2. The third-order valence-electron chi connectivity index (χ3n) is 2.81. The van der Waals surface area contributed by atoms with Gasteiger partial charge in [0.15, 0.2) is 6.61 Å². The second-order valence-electron chi connectivity index (χ2n) is 4.48. The van der Waals surface area contributed by atoms with E-state index in [4.69, 9.17) is 32.7 Å². The number of methoxy groups -OCH3 is 1. The number of hydrogen-bond donors (Lipinski definition) is 1. The van der Waals surface area contributed by atoms with Crippen molar-refractivity contribution in [2.75, 3.05) is 19.0 Å². The maximum Gasteiger partial charge on any atom is 0.342 e. The van der Waals surface area contributed by atoms with Gasteiger partial charge in [-0.25, -0.2) is 4.79 Å². The predicted octanol–water partition coefficient (Wildman–Crippen LogP) is 3.80. The van der Waals surface area contributed by atoms with Crippen molar-refractivity contribution >= 4 is 40.8 Å². The van der Waals surface area contributed by atoms with Crippen LogP contribution in [0.15, 0.2) is 42.5 Å². The largest absolute Gasteiger partial charge is 0.496 e. The summed E-state index contributed by atoms with van der Waals surface area (Å²) in [7, 11) is 1.45. The molecule has 23 heavy (non-hydrogen) atoms. The van der Waals surface area contributed by atoms with Crippen molar-refractivity contribution in [2.24, 2.45) is 0 Å². The molecular formula is C16H13Cl2NO4. The molecule has 0 radical (unpaired) electrons. The number of ether oxygens (including phenoxy) is 2. The van der Waals surface area contributed by atoms with Crippen LogP contribution in [0.25, 0.3) is 0 Å². The first-order chi connectivity index (χ1) is 11.0. The lowest BCUT2D eigenvalue weighted by atomic mass is 10.2. The lowest BCUT2D eigenvalue weighted by Crippen LogP contribution is -2.21. The van der Waals surface area contributed by atoms with Crippen LogP contribution in [0.5, 0.6) is 5.75 Å². The van der Waals surface area contributed by atoms with Crippen LogP contribution in [-0.4, -0.2) is 25.6 Å². The Balaban J connectivity index is 1.95. The Morgan fingerprint density at radius 1 is 1.09 bits per heavy atom. The highest BCUT2D eigenvalue weighted by atomic mass is 35.5. The number of rotatable bonds is 5. The zero-order chi connectivity index (χ0) is 16.8. The molecule has 2 rings (SSSR count). The van der Waals surface area contributed by atoms with Crippen LogP contribution in [0.2, 0.25) is 10.0 Å². The minimum atomic E-state index is -0.651. The van der Waals surface area contributed by atoms with E-state index in [0.29, 0.717) is 21.5 Å². The zero-order valence-electron chi connectivity index (χ0n) is 12.1. The highest BCUT2D eigenvalue weighted by molar-refractivity contribution is 6.35. The zero-order valence-corrected chi connectivity index (χ0v) is 13.6. The molecule has 0 saturated heterocycles. The third kappa shape index (κ3) is 4.87. The van der Waals surface area contributed by atoms with Gasteiger partial charge in [0, 0.05) is 15.7 Å². The van der Waals surface area contributed by atoms with E-state index < -0.39 is 18.5 Å². The normalized spacial score (nSPS) is 10.0. The fraction of sp³-hybridized carbons (Fsp3) is 0.125. The number of para-hydroxylation sites is 1. The molecule has 1 N–H and O–H groups in total. The number of carbonyl (C=O) groups excluding carboxylic acids is 2. The maximum atomic E-state index is 12.0. The van der Waals surface area contributed by atoms with Crippen molar-refractivity contribution in [3.05, 3.63) is 58.1 Å². The number of nitrogens with one attached hydrogen (secondary N) is 1. The number of amides is 1. The molecule has 0 spiro atoms. The van der Waals surface area contributed by atoms with Gasteiger partial charge in [0.25, 0.3) is 5.91 Å². The Bertz CT molecular complexity index is 714. The van der Waals surface area contributed by atoms with Gasteiger partial charge >= 0.3 is 5.97 Å². The summed E-state index contributed by atoms with van der Waals surface area (Å²) in [5.74, 6) is -0.784. The van der Waals surface area contributed by atoms with E-state index in [9.17, 15) is 9.59 Å². The molecular weight excluding hydrogens is 341 g/mol. The van der Waals surface area contributed by atoms with Crippen molar-refractivity contribution < 1.29 is 19.1 Å². The van der Waals surface area contributed by atoms with Crippen molar-refractivity contribution in [1.82, 2.24) is 0 Å². The number of anilines is 1. The Morgan fingerprint density at radius 2 is 1.74 bits per heavy atom. The molecule has 0 aliphatic carbocycles. The van der Waals surface area contributed by atoms with Crippen LogP contribution in [0, 0.1) is 0 Å². The molecule has 0 atom stereocenters. The van der Waals surface area contributed by atoms with Crippen molar-refractivity contribution in [2.45, 2.75) is 0 Å². The topological polar surface area (TPSA) is 64.6 Å². The van der Waals surface area contributed by atoms with E-state index in [1.807, 2.05) is 0 Å². The van der Waals surface area contributed by atoms with Crippen molar-refractivity contribution in [1.29, 1.82) is 0 Å². The molecule has 2 aromatic rings. The van der Waals surface area contributed by atoms with E-state index in [1.54, 1.807) is 30.3 Å². The number of halogens is 2. The Kier molecular flexibility index (Phi) is 5.84. The van der Waals surface area contributed by atoms with Gasteiger partial charge < -0.3 is 14.8 Å². The molecule has 5 nitrogen and oxygen atoms in total. The lowest BCUT2D eigenvalue weighted by molar-refractivity contribution is -0.119. The first kappa shape index (κ1) is 17.1. The first-order valence-electron chi connectivity index (χ1n) is 6.55. The third-order valence-corrected chi connectivity index (χ3v) is 3.24. The Hall–Kier alpha value is -2.24. The number of benzene rings is 2. The average Bonchev–Trinajstić information content (AvgIpc) is 2.51. The molecule has 7 heteroatoms. The fourth-order valence-corrected chi connectivity index (χ4v) is 2.37. The fourth-order valence-electron chi connectivity index (χ4n) is 1.85. The van der Waals surface area contributed by atoms with Gasteiger partial charge in [-0.05, 0) is 30.3 Å². The van der Waals surface area contributed by atoms with Crippen LogP contribution in [0.4, 0.5) is 5.69 Å². The van der Waals surface area contributed by atoms with Crippen LogP contribution in [0.3, 0.4) is 0 Å². The molecule has 0 heterocycles. The van der Waals surface area contributed by atoms with Gasteiger partial charge in [0.1, 0.15) is 11.3 Å². The van der Waals surface area contributed by atoms with Crippen LogP contribution < -0.4 is 10.1 Å². The predicted molar refractivity (Wildman–Crippen MR) is 88.4 cm³/mol. The minimum Gasteiger partial charge on any atom is -0.496 e. The highest BCUT2D eigenvalue weighted by Gasteiger charge is 2.14. The monoisotopic (exact) mass is 353 g/mol. The summed E-state index contributed by atoms with van der Waals surface area (Å²) >= 11 is 11.7. The molecule has 0 saturated carbocycles. The summed E-state index contributed by atoms with van der Waals surface area (Å²) in [4.78, 5) is 23.8. The Labute approximate surface area is 143 Å². The summed E-state index contributed by atoms with van der Waals surface area (Å²) in [6.07, 6.45) is 0. The summed E-state index contributed by atoms with van der Waals surface area (Å²) in [5, 5.41) is 3.32. The smallest absolute Gasteiger partial charge is 0.342 e. The van der Waals surface area contributed by atoms with E-state index in [1.165, 1.54) is 19.2 Å². The van der Waals surface area contributed by atoms with E-state index in [2.05, 4.69) is 5.32 Å². The van der Waals surface area contributed by atoms with Crippen LogP contribution in [-0.2, 0) is 9.53 Å². The number of esters is 1. The highest BCUT2D eigenvalue weighted by Crippen LogP contribution is 2.22. The summed E-state index contributed by atoms with van der Waals surface area (Å²) in [6.45, 7) is -0.443. The number of carbonyl (C=O) groups is 2. The molecule has 0 aliphatic heterocycles. The molecule has 0 unspecified atom stereocenters. The van der Waals surface area contributed by atoms with Crippen molar-refractivity contribution in [3.8, 4) is 5.75 Å². The van der Waals surface area contributed by atoms with Gasteiger partial charge in [-0.15, -0.1) is 0 Å². The second-order valence-corrected chi connectivity index (χ2v) is 5.36. The quantitative estimate of drug-likeness (QED) is 0.830. The van der Waals surface area contributed by atoms with Crippen LogP contribution >= 0.6 is 23.2 Å². The van der Waals surface area contributed by atoms with E-state index >= 15 is 0 Å². The molecule has 120 valence electrons. The van der Waals surface area contributed by atoms with Crippen LogP contribution in [0.1, 0.15) is 10.4 Å². The molecule has 0 aromatic heterocycles. The Morgan fingerprint density at radius 3 is 2.39 bits per heavy atom. The second kappa shape index (κ2) is 7.85. The molecule has 0 bridgehead atoms. The first-order valence-corrected chi connectivity index (χ1v) is 7.31. The van der Waals surface area contributed by atoms with E-state index in [0.717, 1.165) is 0 Å². The standard InChI is InChI=1S/C16H13Cl2NO4/c1-22-14-5-3-2-4-13(14)16(21)23-9-15(20)19-12-7-10(17)6-11(18)8-12/h2-8H,9H2,1H3,(H,19,20). The van der Waals surface area contributed by atoms with Gasteiger partial charge in [-0.3, -0.25) is 4.79 Å². The van der Waals surface area contributed by atoms with Gasteiger partial charge in [-0.1, -0.05) is 35.3 Å². The van der Waals surface area contributed by atoms with Gasteiger partial charge in [0.05, 0.1) is 7.11 Å². The molecule has 2 aromatic carbocycles. The molecule has 1 amide bonds. The van der Waals surface area contributed by atoms with Gasteiger partial charge in [-0.2, -0.15) is 0 Å². The van der Waals surface area contributed by atoms with E-state index in [-0.39, 0.29) is 5.56 Å². The summed E-state index contributed by atoms with van der Waals surface area (Å²) < 4.78 is 10.0. The van der Waals surface area contributed by atoms with Gasteiger partial charge in [0.2, 0.25) is 0 Å². The summed E-state index contributed by atoms with van der Waals surface area (Å²) in [5.41, 5.74) is 0.662. The SMILES string of the molecule is COc1ccccc1C(=O)OCC(=O)Nc1cc(Cl)cc(Cl)c1.